The first-order chi connectivity index (χ1) is 8.86. The van der Waals surface area contributed by atoms with Crippen LogP contribution in [-0.4, -0.2) is 17.0 Å². The van der Waals surface area contributed by atoms with Gasteiger partial charge in [-0.2, -0.15) is 0 Å². The monoisotopic (exact) mass is 259 g/mol. The lowest BCUT2D eigenvalue weighted by Crippen LogP contribution is -2.23. The first kappa shape index (κ1) is 11.8. The number of aryl methyl sites for hydroxylation is 1. The predicted octanol–water partition coefficient (Wildman–Crippen LogP) is 2.73. The van der Waals surface area contributed by atoms with Crippen LogP contribution in [0, 0.1) is 0 Å². The summed E-state index contributed by atoms with van der Waals surface area (Å²) in [5.41, 5.74) is 2.53. The molecule has 3 nitrogen and oxygen atoms in total. The van der Waals surface area contributed by atoms with Gasteiger partial charge in [-0.3, -0.25) is 0 Å². The summed E-state index contributed by atoms with van der Waals surface area (Å²) in [4.78, 5) is 10.6. The summed E-state index contributed by atoms with van der Waals surface area (Å²) in [5.74, 6) is 0.952. The number of nitrogens with one attached hydrogen (secondary N) is 1. The minimum absolute atomic E-state index is 0.435. The van der Waals surface area contributed by atoms with E-state index in [0.29, 0.717) is 6.04 Å². The van der Waals surface area contributed by atoms with Crippen molar-refractivity contribution in [3.63, 3.8) is 0 Å². The third-order valence-electron chi connectivity index (χ3n) is 3.49. The molecule has 2 aromatic heterocycles. The fraction of sp³-hybridized carbons (Fsp3) is 0.429. The average Bonchev–Trinajstić information content (AvgIpc) is 2.90. The van der Waals surface area contributed by atoms with Gasteiger partial charge in [-0.1, -0.05) is 6.07 Å². The Morgan fingerprint density at radius 1 is 1.50 bits per heavy atom. The quantitative estimate of drug-likeness (QED) is 0.921. The molecule has 1 aliphatic carbocycles. The Hall–Kier alpha value is -1.26. The molecule has 3 rings (SSSR count). The summed E-state index contributed by atoms with van der Waals surface area (Å²) in [5, 5.41) is 5.45. The van der Waals surface area contributed by atoms with Crippen LogP contribution in [0.4, 0.5) is 0 Å². The molecular formula is C14H17N3S. The summed E-state index contributed by atoms with van der Waals surface area (Å²) in [6, 6.07) is 4.66. The van der Waals surface area contributed by atoms with E-state index in [2.05, 4.69) is 27.8 Å². The number of thiophene rings is 1. The van der Waals surface area contributed by atoms with Crippen LogP contribution in [-0.2, 0) is 12.8 Å². The SMILES string of the molecule is CNC1CCCc2nc(Cc3cccs3)ncc21. The van der Waals surface area contributed by atoms with Crippen molar-refractivity contribution in [3.8, 4) is 0 Å². The maximum Gasteiger partial charge on any atom is 0.133 e. The van der Waals surface area contributed by atoms with Crippen LogP contribution in [0.5, 0.6) is 0 Å². The molecule has 0 spiro atoms. The Kier molecular flexibility index (Phi) is 3.39. The van der Waals surface area contributed by atoms with Crippen molar-refractivity contribution >= 4 is 11.3 Å². The third-order valence-corrected chi connectivity index (χ3v) is 4.37. The number of fused-ring (bicyclic) bond motifs is 1. The first-order valence-corrected chi connectivity index (χ1v) is 7.29. The molecule has 2 aromatic rings. The zero-order chi connectivity index (χ0) is 12.4. The van der Waals surface area contributed by atoms with Gasteiger partial charge in [0, 0.05) is 34.8 Å². The standard InChI is InChI=1S/C14H17N3S/c1-15-12-5-2-6-13-11(12)9-16-14(17-13)8-10-4-3-7-18-10/h3-4,7,9,12,15H,2,5-6,8H2,1H3. The van der Waals surface area contributed by atoms with Gasteiger partial charge in [0.25, 0.3) is 0 Å². The highest BCUT2D eigenvalue weighted by Gasteiger charge is 2.20. The van der Waals surface area contributed by atoms with Gasteiger partial charge < -0.3 is 5.32 Å². The summed E-state index contributed by atoms with van der Waals surface area (Å²) in [7, 11) is 2.01. The van der Waals surface area contributed by atoms with Crippen LogP contribution >= 0.6 is 11.3 Å². The summed E-state index contributed by atoms with van der Waals surface area (Å²) in [6.45, 7) is 0. The van der Waals surface area contributed by atoms with Crippen molar-refractivity contribution in [1.29, 1.82) is 0 Å². The van der Waals surface area contributed by atoms with E-state index >= 15 is 0 Å². The van der Waals surface area contributed by atoms with Gasteiger partial charge in [0.05, 0.1) is 0 Å². The second-order valence-corrected chi connectivity index (χ2v) is 5.71. The predicted molar refractivity (Wildman–Crippen MR) is 73.9 cm³/mol. The normalized spacial score (nSPS) is 18.6. The average molecular weight is 259 g/mol. The number of hydrogen-bond acceptors (Lipinski definition) is 4. The first-order valence-electron chi connectivity index (χ1n) is 6.41. The van der Waals surface area contributed by atoms with Crippen LogP contribution < -0.4 is 5.32 Å². The molecule has 1 aliphatic rings. The third kappa shape index (κ3) is 2.31. The van der Waals surface area contributed by atoms with E-state index in [1.165, 1.54) is 29.0 Å². The van der Waals surface area contributed by atoms with E-state index in [4.69, 9.17) is 4.98 Å². The molecular weight excluding hydrogens is 242 g/mol. The van der Waals surface area contributed by atoms with Gasteiger partial charge in [-0.25, -0.2) is 9.97 Å². The van der Waals surface area contributed by atoms with E-state index in [1.54, 1.807) is 11.3 Å². The van der Waals surface area contributed by atoms with Crippen molar-refractivity contribution in [2.75, 3.05) is 7.05 Å². The van der Waals surface area contributed by atoms with Crippen LogP contribution in [0.1, 0.15) is 40.8 Å². The lowest BCUT2D eigenvalue weighted by Gasteiger charge is -2.24. The van der Waals surface area contributed by atoms with Crippen LogP contribution in [0.3, 0.4) is 0 Å². The maximum absolute atomic E-state index is 4.74. The Morgan fingerprint density at radius 2 is 2.44 bits per heavy atom. The minimum Gasteiger partial charge on any atom is -0.313 e. The van der Waals surface area contributed by atoms with Crippen molar-refractivity contribution in [1.82, 2.24) is 15.3 Å². The zero-order valence-electron chi connectivity index (χ0n) is 10.5. The largest absolute Gasteiger partial charge is 0.313 e. The molecule has 0 aromatic carbocycles. The topological polar surface area (TPSA) is 37.8 Å². The van der Waals surface area contributed by atoms with Crippen molar-refractivity contribution in [3.05, 3.63) is 45.7 Å². The molecule has 0 amide bonds. The van der Waals surface area contributed by atoms with E-state index in [0.717, 1.165) is 18.7 Å². The molecule has 0 bridgehead atoms. The lowest BCUT2D eigenvalue weighted by molar-refractivity contribution is 0.485. The van der Waals surface area contributed by atoms with Gasteiger partial charge >= 0.3 is 0 Å². The maximum atomic E-state index is 4.74. The van der Waals surface area contributed by atoms with Crippen molar-refractivity contribution < 1.29 is 0 Å². The smallest absolute Gasteiger partial charge is 0.133 e. The van der Waals surface area contributed by atoms with Gasteiger partial charge in [-0.15, -0.1) is 11.3 Å². The highest BCUT2D eigenvalue weighted by atomic mass is 32.1. The van der Waals surface area contributed by atoms with Gasteiger partial charge in [-0.05, 0) is 37.8 Å². The molecule has 18 heavy (non-hydrogen) atoms. The molecule has 0 aliphatic heterocycles. The lowest BCUT2D eigenvalue weighted by atomic mass is 9.92. The van der Waals surface area contributed by atoms with Crippen molar-refractivity contribution in [2.24, 2.45) is 0 Å². The van der Waals surface area contributed by atoms with E-state index in [1.807, 2.05) is 13.2 Å². The summed E-state index contributed by atoms with van der Waals surface area (Å²) < 4.78 is 0. The molecule has 1 N–H and O–H groups in total. The van der Waals surface area contributed by atoms with E-state index < -0.39 is 0 Å². The van der Waals surface area contributed by atoms with Gasteiger partial charge in [0.2, 0.25) is 0 Å². The molecule has 1 unspecified atom stereocenters. The fourth-order valence-corrected chi connectivity index (χ4v) is 3.24. The van der Waals surface area contributed by atoms with Gasteiger partial charge in [0.15, 0.2) is 0 Å². The second-order valence-electron chi connectivity index (χ2n) is 4.68. The fourth-order valence-electron chi connectivity index (χ4n) is 2.54. The Morgan fingerprint density at radius 3 is 3.22 bits per heavy atom. The molecule has 0 saturated carbocycles. The van der Waals surface area contributed by atoms with Crippen molar-refractivity contribution in [2.45, 2.75) is 31.7 Å². The Labute approximate surface area is 111 Å². The minimum atomic E-state index is 0.435. The van der Waals surface area contributed by atoms with E-state index in [-0.39, 0.29) is 0 Å². The molecule has 0 radical (unpaired) electrons. The molecule has 94 valence electrons. The Balaban J connectivity index is 1.86. The van der Waals surface area contributed by atoms with Gasteiger partial charge in [0.1, 0.15) is 5.82 Å². The number of nitrogens with zero attached hydrogens (tertiary/aromatic N) is 2. The zero-order valence-corrected chi connectivity index (χ0v) is 11.3. The summed E-state index contributed by atoms with van der Waals surface area (Å²) in [6.07, 6.45) is 6.37. The molecule has 0 saturated heterocycles. The molecule has 1 atom stereocenters. The highest BCUT2D eigenvalue weighted by Crippen LogP contribution is 2.27. The number of aromatic nitrogens is 2. The van der Waals surface area contributed by atoms with Crippen LogP contribution in [0.25, 0.3) is 0 Å². The molecule has 2 heterocycles. The second kappa shape index (κ2) is 5.16. The molecule has 0 fully saturated rings. The molecule has 4 heteroatoms. The van der Waals surface area contributed by atoms with Crippen LogP contribution in [0.2, 0.25) is 0 Å². The Bertz CT molecular complexity index is 522. The number of rotatable bonds is 3. The summed E-state index contributed by atoms with van der Waals surface area (Å²) >= 11 is 1.77. The van der Waals surface area contributed by atoms with E-state index in [9.17, 15) is 0 Å². The van der Waals surface area contributed by atoms with Crippen LogP contribution in [0.15, 0.2) is 23.7 Å². The number of hydrogen-bond donors (Lipinski definition) is 1. The highest BCUT2D eigenvalue weighted by molar-refractivity contribution is 7.09.